The molecule has 1 heterocycles. The molecule has 1 aromatic heterocycles. The van der Waals surface area contributed by atoms with E-state index in [0.717, 1.165) is 22.9 Å². The molecule has 0 atom stereocenters. The summed E-state index contributed by atoms with van der Waals surface area (Å²) in [6.07, 6.45) is 1.60. The number of aromatic nitrogens is 2. The quantitative estimate of drug-likeness (QED) is 0.935. The lowest BCUT2D eigenvalue weighted by atomic mass is 10.2. The molecular formula is C11H12BrN3O. The number of aryl methyl sites for hydroxylation is 1. The van der Waals surface area contributed by atoms with Crippen LogP contribution in [0.2, 0.25) is 0 Å². The van der Waals surface area contributed by atoms with Crippen molar-refractivity contribution < 1.29 is 4.42 Å². The van der Waals surface area contributed by atoms with E-state index in [2.05, 4.69) is 26.1 Å². The highest BCUT2D eigenvalue weighted by Crippen LogP contribution is 2.20. The van der Waals surface area contributed by atoms with Gasteiger partial charge in [-0.25, -0.2) is 0 Å². The molecule has 1 aromatic carbocycles. The number of hydrogen-bond acceptors (Lipinski definition) is 4. The smallest absolute Gasteiger partial charge is 0.247 e. The highest BCUT2D eigenvalue weighted by molar-refractivity contribution is 9.10. The number of benzene rings is 1. The normalized spacial score (nSPS) is 10.6. The van der Waals surface area contributed by atoms with Crippen molar-refractivity contribution in [1.82, 2.24) is 10.2 Å². The first-order chi connectivity index (χ1) is 7.79. The molecule has 0 radical (unpaired) electrons. The average molecular weight is 282 g/mol. The van der Waals surface area contributed by atoms with Gasteiger partial charge < -0.3 is 10.2 Å². The number of nitrogens with two attached hydrogens (primary N) is 1. The molecule has 0 unspecified atom stereocenters. The maximum atomic E-state index is 5.52. The van der Waals surface area contributed by atoms with Crippen molar-refractivity contribution in [2.75, 3.05) is 6.54 Å². The van der Waals surface area contributed by atoms with E-state index in [9.17, 15) is 0 Å². The predicted molar refractivity (Wildman–Crippen MR) is 64.8 cm³/mol. The van der Waals surface area contributed by atoms with Crippen LogP contribution in [0.5, 0.6) is 0 Å². The van der Waals surface area contributed by atoms with E-state index < -0.39 is 0 Å². The zero-order valence-electron chi connectivity index (χ0n) is 8.69. The Morgan fingerprint density at radius 3 is 2.62 bits per heavy atom. The first-order valence-corrected chi connectivity index (χ1v) is 5.87. The third-order valence-electron chi connectivity index (χ3n) is 2.15. The maximum Gasteiger partial charge on any atom is 0.247 e. The molecule has 0 bridgehead atoms. The Kier molecular flexibility index (Phi) is 3.69. The minimum atomic E-state index is 0.555. The molecule has 2 rings (SSSR count). The molecular weight excluding hydrogens is 270 g/mol. The van der Waals surface area contributed by atoms with Crippen LogP contribution in [0.3, 0.4) is 0 Å². The molecule has 16 heavy (non-hydrogen) atoms. The van der Waals surface area contributed by atoms with E-state index in [1.807, 2.05) is 24.3 Å². The van der Waals surface area contributed by atoms with Crippen LogP contribution in [0.15, 0.2) is 33.2 Å². The molecule has 4 nitrogen and oxygen atoms in total. The van der Waals surface area contributed by atoms with Crippen molar-refractivity contribution in [2.45, 2.75) is 12.8 Å². The van der Waals surface area contributed by atoms with Gasteiger partial charge in [-0.1, -0.05) is 15.9 Å². The molecule has 0 aliphatic heterocycles. The molecule has 0 saturated carbocycles. The molecule has 0 saturated heterocycles. The van der Waals surface area contributed by atoms with Gasteiger partial charge in [-0.3, -0.25) is 0 Å². The van der Waals surface area contributed by atoms with Gasteiger partial charge in [0.1, 0.15) is 0 Å². The first kappa shape index (κ1) is 11.3. The van der Waals surface area contributed by atoms with Crippen molar-refractivity contribution in [3.63, 3.8) is 0 Å². The van der Waals surface area contributed by atoms with E-state index in [1.165, 1.54) is 0 Å². The molecule has 0 aliphatic rings. The predicted octanol–water partition coefficient (Wildman–Crippen LogP) is 2.39. The summed E-state index contributed by atoms with van der Waals surface area (Å²) in [5.74, 6) is 1.20. The zero-order chi connectivity index (χ0) is 11.4. The van der Waals surface area contributed by atoms with Gasteiger partial charge >= 0.3 is 0 Å². The fourth-order valence-electron chi connectivity index (χ4n) is 1.32. The van der Waals surface area contributed by atoms with Gasteiger partial charge in [0.05, 0.1) is 0 Å². The fraction of sp³-hybridized carbons (Fsp3) is 0.273. The van der Waals surface area contributed by atoms with Gasteiger partial charge in [-0.05, 0) is 37.2 Å². The molecule has 2 N–H and O–H groups in total. The standard InChI is InChI=1S/C11H12BrN3O/c12-9-5-3-8(4-6-9)11-15-14-10(16-11)2-1-7-13/h3-6H,1-2,7,13H2. The summed E-state index contributed by atoms with van der Waals surface area (Å²) in [4.78, 5) is 0. The van der Waals surface area contributed by atoms with Gasteiger partial charge in [0.15, 0.2) is 0 Å². The summed E-state index contributed by atoms with van der Waals surface area (Å²) < 4.78 is 6.55. The fourth-order valence-corrected chi connectivity index (χ4v) is 1.58. The number of hydrogen-bond donors (Lipinski definition) is 1. The van der Waals surface area contributed by atoms with Crippen LogP contribution in [-0.4, -0.2) is 16.7 Å². The van der Waals surface area contributed by atoms with Crippen molar-refractivity contribution in [3.05, 3.63) is 34.6 Å². The highest BCUT2D eigenvalue weighted by atomic mass is 79.9. The van der Waals surface area contributed by atoms with Gasteiger partial charge in [-0.15, -0.1) is 10.2 Å². The molecule has 0 amide bonds. The van der Waals surface area contributed by atoms with E-state index in [0.29, 0.717) is 18.3 Å². The molecule has 0 aliphatic carbocycles. The van der Waals surface area contributed by atoms with Crippen molar-refractivity contribution in [2.24, 2.45) is 5.73 Å². The van der Waals surface area contributed by atoms with E-state index in [1.54, 1.807) is 0 Å². The van der Waals surface area contributed by atoms with Crippen LogP contribution < -0.4 is 5.73 Å². The minimum absolute atomic E-state index is 0.555. The van der Waals surface area contributed by atoms with Gasteiger partial charge in [0, 0.05) is 16.5 Å². The highest BCUT2D eigenvalue weighted by Gasteiger charge is 2.07. The topological polar surface area (TPSA) is 64.9 Å². The van der Waals surface area contributed by atoms with Crippen LogP contribution in [0.25, 0.3) is 11.5 Å². The SMILES string of the molecule is NCCCc1nnc(-c2ccc(Br)cc2)o1. The number of rotatable bonds is 4. The van der Waals surface area contributed by atoms with Crippen LogP contribution in [0.4, 0.5) is 0 Å². The lowest BCUT2D eigenvalue weighted by Gasteiger charge is -1.94. The van der Waals surface area contributed by atoms with Crippen LogP contribution in [-0.2, 0) is 6.42 Å². The molecule has 2 aromatic rings. The molecule has 0 spiro atoms. The first-order valence-electron chi connectivity index (χ1n) is 5.08. The summed E-state index contributed by atoms with van der Waals surface area (Å²) in [6.45, 7) is 0.635. The largest absolute Gasteiger partial charge is 0.421 e. The Hall–Kier alpha value is -1.20. The third kappa shape index (κ3) is 2.68. The second-order valence-corrected chi connectivity index (χ2v) is 4.32. The van der Waals surface area contributed by atoms with E-state index >= 15 is 0 Å². The van der Waals surface area contributed by atoms with Gasteiger partial charge in [0.25, 0.3) is 0 Å². The van der Waals surface area contributed by atoms with Gasteiger partial charge in [-0.2, -0.15) is 0 Å². The Bertz CT molecular complexity index is 453. The zero-order valence-corrected chi connectivity index (χ0v) is 10.3. The summed E-state index contributed by atoms with van der Waals surface area (Å²) in [6, 6.07) is 7.76. The summed E-state index contributed by atoms with van der Waals surface area (Å²) in [7, 11) is 0. The average Bonchev–Trinajstić information content (AvgIpc) is 2.76. The lowest BCUT2D eigenvalue weighted by Crippen LogP contribution is -2.00. The summed E-state index contributed by atoms with van der Waals surface area (Å²) in [5, 5.41) is 7.96. The van der Waals surface area contributed by atoms with Crippen LogP contribution in [0.1, 0.15) is 12.3 Å². The Labute approximate surface area is 102 Å². The summed E-state index contributed by atoms with van der Waals surface area (Å²) >= 11 is 3.38. The van der Waals surface area contributed by atoms with Crippen LogP contribution in [0, 0.1) is 0 Å². The third-order valence-corrected chi connectivity index (χ3v) is 2.68. The van der Waals surface area contributed by atoms with E-state index in [-0.39, 0.29) is 0 Å². The molecule has 84 valence electrons. The second-order valence-electron chi connectivity index (χ2n) is 3.40. The lowest BCUT2D eigenvalue weighted by molar-refractivity contribution is 0.499. The van der Waals surface area contributed by atoms with Crippen molar-refractivity contribution in [3.8, 4) is 11.5 Å². The molecule has 5 heteroatoms. The second kappa shape index (κ2) is 5.23. The Morgan fingerprint density at radius 2 is 1.94 bits per heavy atom. The van der Waals surface area contributed by atoms with Gasteiger partial charge in [0.2, 0.25) is 11.8 Å². The maximum absolute atomic E-state index is 5.52. The van der Waals surface area contributed by atoms with Crippen molar-refractivity contribution >= 4 is 15.9 Å². The van der Waals surface area contributed by atoms with Crippen molar-refractivity contribution in [1.29, 1.82) is 0 Å². The van der Waals surface area contributed by atoms with E-state index in [4.69, 9.17) is 10.2 Å². The monoisotopic (exact) mass is 281 g/mol. The number of halogens is 1. The summed E-state index contributed by atoms with van der Waals surface area (Å²) in [5.41, 5.74) is 6.34. The molecule has 0 fully saturated rings. The number of nitrogens with zero attached hydrogens (tertiary/aromatic N) is 2. The van der Waals surface area contributed by atoms with Crippen LogP contribution >= 0.6 is 15.9 Å². The Balaban J connectivity index is 2.15. The minimum Gasteiger partial charge on any atom is -0.421 e. The Morgan fingerprint density at radius 1 is 1.19 bits per heavy atom.